The van der Waals surface area contributed by atoms with Gasteiger partial charge in [-0.15, -0.1) is 10.2 Å². The molecule has 0 radical (unpaired) electrons. The number of amides is 1. The smallest absolute Gasteiger partial charge is 0.237 e. The van der Waals surface area contributed by atoms with Gasteiger partial charge in [0.25, 0.3) is 0 Å². The highest BCUT2D eigenvalue weighted by molar-refractivity contribution is 8.00. The molecule has 4 rings (SSSR count). The zero-order chi connectivity index (χ0) is 23.5. The quantitative estimate of drug-likeness (QED) is 0.389. The Hall–Kier alpha value is -3.59. The highest BCUT2D eigenvalue weighted by Gasteiger charge is 2.23. The summed E-state index contributed by atoms with van der Waals surface area (Å²) in [6.45, 7) is 5.69. The van der Waals surface area contributed by atoms with Gasteiger partial charge in [0, 0.05) is 12.3 Å². The normalized spacial score (nSPS) is 11.9. The number of pyridine rings is 1. The van der Waals surface area contributed by atoms with Gasteiger partial charge in [0.05, 0.1) is 16.6 Å². The van der Waals surface area contributed by atoms with Gasteiger partial charge in [-0.2, -0.15) is 0 Å². The number of thioether (sulfide) groups is 1. The SMILES string of the molecule is Cc1ccc(-n2c(SC(C)C(=O)Nc3ccc(F)cc3F)nnc2-c2ccccn2)c(C)c1. The number of nitrogens with zero attached hydrogens (tertiary/aromatic N) is 4. The lowest BCUT2D eigenvalue weighted by Gasteiger charge is -2.16. The van der Waals surface area contributed by atoms with Crippen molar-refractivity contribution in [1.82, 2.24) is 19.7 Å². The van der Waals surface area contributed by atoms with Crippen LogP contribution in [0.4, 0.5) is 14.5 Å². The molecule has 0 bridgehead atoms. The molecule has 6 nitrogen and oxygen atoms in total. The Bertz CT molecular complexity index is 1310. The number of aryl methyl sites for hydroxylation is 2. The Labute approximate surface area is 194 Å². The van der Waals surface area contributed by atoms with Crippen molar-refractivity contribution in [3.63, 3.8) is 0 Å². The van der Waals surface area contributed by atoms with Crippen LogP contribution in [0.3, 0.4) is 0 Å². The molecule has 1 amide bonds. The molecule has 1 atom stereocenters. The molecule has 0 saturated heterocycles. The molecule has 168 valence electrons. The number of halogens is 2. The first-order valence-electron chi connectivity index (χ1n) is 10.2. The van der Waals surface area contributed by atoms with Crippen LogP contribution in [0.1, 0.15) is 18.1 Å². The topological polar surface area (TPSA) is 72.7 Å². The maximum atomic E-state index is 14.0. The molecule has 0 aliphatic rings. The minimum absolute atomic E-state index is 0.0844. The average molecular weight is 466 g/mol. The number of hydrogen-bond acceptors (Lipinski definition) is 5. The fraction of sp³-hybridized carbons (Fsp3) is 0.167. The molecule has 4 aromatic rings. The van der Waals surface area contributed by atoms with Gasteiger partial charge in [0.2, 0.25) is 5.91 Å². The molecule has 2 heterocycles. The third kappa shape index (κ3) is 4.93. The largest absolute Gasteiger partial charge is 0.323 e. The summed E-state index contributed by atoms with van der Waals surface area (Å²) in [4.78, 5) is 17.1. The monoisotopic (exact) mass is 465 g/mol. The van der Waals surface area contributed by atoms with Crippen LogP contribution in [0.2, 0.25) is 0 Å². The number of carbonyl (C=O) groups is 1. The molecular weight excluding hydrogens is 444 g/mol. The van der Waals surface area contributed by atoms with E-state index in [0.29, 0.717) is 16.7 Å². The minimum atomic E-state index is -0.837. The summed E-state index contributed by atoms with van der Waals surface area (Å²) >= 11 is 1.18. The van der Waals surface area contributed by atoms with Crippen LogP contribution in [0.5, 0.6) is 0 Å². The van der Waals surface area contributed by atoms with Crippen molar-refractivity contribution >= 4 is 23.4 Å². The summed E-state index contributed by atoms with van der Waals surface area (Å²) in [5.74, 6) is -1.45. The summed E-state index contributed by atoms with van der Waals surface area (Å²) in [5, 5.41) is 11.0. The molecule has 0 aliphatic heterocycles. The summed E-state index contributed by atoms with van der Waals surface area (Å²) in [5.41, 5.74) is 3.55. The zero-order valence-corrected chi connectivity index (χ0v) is 19.0. The second-order valence-electron chi connectivity index (χ2n) is 7.52. The van der Waals surface area contributed by atoms with E-state index >= 15 is 0 Å². The van der Waals surface area contributed by atoms with E-state index in [1.807, 2.05) is 48.7 Å². The maximum Gasteiger partial charge on any atom is 0.237 e. The van der Waals surface area contributed by atoms with Crippen LogP contribution in [0.15, 0.2) is 66.0 Å². The van der Waals surface area contributed by atoms with Gasteiger partial charge in [-0.1, -0.05) is 35.5 Å². The van der Waals surface area contributed by atoms with Crippen LogP contribution >= 0.6 is 11.8 Å². The Morgan fingerprint density at radius 1 is 1.06 bits per heavy atom. The number of hydrogen-bond donors (Lipinski definition) is 1. The van der Waals surface area contributed by atoms with Crippen LogP contribution in [-0.2, 0) is 4.79 Å². The van der Waals surface area contributed by atoms with Crippen molar-refractivity contribution in [3.8, 4) is 17.2 Å². The van der Waals surface area contributed by atoms with Gasteiger partial charge >= 0.3 is 0 Å². The Kier molecular flexibility index (Phi) is 6.50. The first-order chi connectivity index (χ1) is 15.8. The number of rotatable bonds is 6. The van der Waals surface area contributed by atoms with Crippen molar-refractivity contribution in [3.05, 3.63) is 83.6 Å². The van der Waals surface area contributed by atoms with E-state index in [0.717, 1.165) is 28.9 Å². The minimum Gasteiger partial charge on any atom is -0.323 e. The number of aromatic nitrogens is 4. The summed E-state index contributed by atoms with van der Waals surface area (Å²) < 4.78 is 29.0. The predicted molar refractivity (Wildman–Crippen MR) is 124 cm³/mol. The predicted octanol–water partition coefficient (Wildman–Crippen LogP) is 5.34. The highest BCUT2D eigenvalue weighted by atomic mass is 32.2. The van der Waals surface area contributed by atoms with Crippen LogP contribution in [-0.4, -0.2) is 30.9 Å². The van der Waals surface area contributed by atoms with Crippen molar-refractivity contribution in [2.75, 3.05) is 5.32 Å². The maximum absolute atomic E-state index is 14.0. The van der Waals surface area contributed by atoms with E-state index in [9.17, 15) is 13.6 Å². The summed E-state index contributed by atoms with van der Waals surface area (Å²) in [6.07, 6.45) is 1.68. The molecule has 2 aromatic carbocycles. The van der Waals surface area contributed by atoms with E-state index in [4.69, 9.17) is 0 Å². The van der Waals surface area contributed by atoms with Crippen molar-refractivity contribution < 1.29 is 13.6 Å². The number of benzene rings is 2. The lowest BCUT2D eigenvalue weighted by molar-refractivity contribution is -0.115. The standard InChI is InChI=1S/C24H21F2N5OS/c1-14-7-10-21(15(2)12-14)31-22(20-6-4-5-11-27-20)29-30-24(31)33-16(3)23(32)28-19-9-8-17(25)13-18(19)26/h4-13,16H,1-3H3,(H,28,32). The van der Waals surface area contributed by atoms with Gasteiger partial charge in [-0.25, -0.2) is 8.78 Å². The van der Waals surface area contributed by atoms with E-state index in [1.54, 1.807) is 13.1 Å². The lowest BCUT2D eigenvalue weighted by Crippen LogP contribution is -2.23. The lowest BCUT2D eigenvalue weighted by atomic mass is 10.1. The fourth-order valence-corrected chi connectivity index (χ4v) is 4.18. The first-order valence-corrected chi connectivity index (χ1v) is 11.1. The van der Waals surface area contributed by atoms with E-state index < -0.39 is 22.8 Å². The van der Waals surface area contributed by atoms with E-state index in [-0.39, 0.29) is 5.69 Å². The highest BCUT2D eigenvalue weighted by Crippen LogP contribution is 2.31. The second-order valence-corrected chi connectivity index (χ2v) is 8.83. The first kappa shape index (κ1) is 22.6. The van der Waals surface area contributed by atoms with Crippen molar-refractivity contribution in [2.24, 2.45) is 0 Å². The van der Waals surface area contributed by atoms with Gasteiger partial charge in [0.15, 0.2) is 11.0 Å². The Balaban J connectivity index is 1.67. The summed E-state index contributed by atoms with van der Waals surface area (Å²) in [6, 6.07) is 14.6. The van der Waals surface area contributed by atoms with Gasteiger partial charge in [-0.05, 0) is 56.7 Å². The van der Waals surface area contributed by atoms with Gasteiger partial charge in [-0.3, -0.25) is 14.3 Å². The fourth-order valence-electron chi connectivity index (χ4n) is 3.32. The van der Waals surface area contributed by atoms with E-state index in [2.05, 4.69) is 26.6 Å². The van der Waals surface area contributed by atoms with Crippen molar-refractivity contribution in [1.29, 1.82) is 0 Å². The molecule has 1 unspecified atom stereocenters. The van der Waals surface area contributed by atoms with Crippen LogP contribution < -0.4 is 5.32 Å². The van der Waals surface area contributed by atoms with Crippen LogP contribution in [0.25, 0.3) is 17.2 Å². The molecule has 0 fully saturated rings. The molecule has 9 heteroatoms. The van der Waals surface area contributed by atoms with Gasteiger partial charge in [0.1, 0.15) is 17.3 Å². The number of carbonyl (C=O) groups excluding carboxylic acids is 1. The molecule has 1 N–H and O–H groups in total. The zero-order valence-electron chi connectivity index (χ0n) is 18.2. The average Bonchev–Trinajstić information content (AvgIpc) is 3.19. The third-order valence-electron chi connectivity index (χ3n) is 4.96. The Morgan fingerprint density at radius 2 is 1.88 bits per heavy atom. The molecule has 33 heavy (non-hydrogen) atoms. The third-order valence-corrected chi connectivity index (χ3v) is 6.00. The second kappa shape index (κ2) is 9.50. The van der Waals surface area contributed by atoms with Gasteiger partial charge < -0.3 is 5.32 Å². The molecule has 0 spiro atoms. The molecule has 0 saturated carbocycles. The van der Waals surface area contributed by atoms with E-state index in [1.165, 1.54) is 17.8 Å². The summed E-state index contributed by atoms with van der Waals surface area (Å²) in [7, 11) is 0. The van der Waals surface area contributed by atoms with Crippen LogP contribution in [0, 0.1) is 25.5 Å². The Morgan fingerprint density at radius 3 is 2.58 bits per heavy atom. The molecular formula is C24H21F2N5OS. The number of anilines is 1. The van der Waals surface area contributed by atoms with Crippen molar-refractivity contribution in [2.45, 2.75) is 31.2 Å². The number of nitrogens with one attached hydrogen (secondary N) is 1. The molecule has 0 aliphatic carbocycles. The molecule has 2 aromatic heterocycles.